The Morgan fingerprint density at radius 2 is 1.74 bits per heavy atom. The summed E-state index contributed by atoms with van der Waals surface area (Å²) in [6.07, 6.45) is -0.946. The molecule has 0 spiro atoms. The third-order valence-corrected chi connectivity index (χ3v) is 4.97. The van der Waals surface area contributed by atoms with E-state index in [1.807, 2.05) is 0 Å². The summed E-state index contributed by atoms with van der Waals surface area (Å²) in [5.74, 6) is -2.08. The molecule has 0 N–H and O–H groups in total. The zero-order valence-electron chi connectivity index (χ0n) is 17.6. The van der Waals surface area contributed by atoms with Crippen molar-refractivity contribution in [3.05, 3.63) is 74.7 Å². The molecule has 0 saturated carbocycles. The molecule has 0 amide bonds. The third kappa shape index (κ3) is 8.74. The van der Waals surface area contributed by atoms with E-state index in [0.717, 1.165) is 0 Å². The van der Waals surface area contributed by atoms with Crippen molar-refractivity contribution in [2.24, 2.45) is 5.34 Å². The lowest BCUT2D eigenvalue weighted by atomic mass is 10.2. The first-order valence-electron chi connectivity index (χ1n) is 9.40. The summed E-state index contributed by atoms with van der Waals surface area (Å²) in [5, 5.41) is 11.5. The van der Waals surface area contributed by atoms with Gasteiger partial charge in [0.25, 0.3) is 5.09 Å². The van der Waals surface area contributed by atoms with E-state index < -0.39 is 42.5 Å². The Hall–Kier alpha value is -4.20. The van der Waals surface area contributed by atoms with Crippen LogP contribution in [0.2, 0.25) is 0 Å². The molecule has 14 heteroatoms. The van der Waals surface area contributed by atoms with Gasteiger partial charge in [-0.1, -0.05) is 12.1 Å². The second-order valence-electron chi connectivity index (χ2n) is 6.23. The van der Waals surface area contributed by atoms with Gasteiger partial charge in [0.1, 0.15) is 17.9 Å². The molecule has 1 atom stereocenters. The summed E-state index contributed by atoms with van der Waals surface area (Å²) >= 11 is 1.18. The molecule has 0 aliphatic heterocycles. The molecular formula is C20H18N2O11S. The summed E-state index contributed by atoms with van der Waals surface area (Å²) in [6, 6.07) is 12.0. The van der Waals surface area contributed by atoms with Crippen molar-refractivity contribution in [1.82, 2.24) is 0 Å². The summed E-state index contributed by atoms with van der Waals surface area (Å²) in [7, 11) is 0. The number of rotatable bonds is 13. The summed E-state index contributed by atoms with van der Waals surface area (Å²) in [4.78, 5) is 65.3. The van der Waals surface area contributed by atoms with Crippen LogP contribution in [-0.2, 0) is 23.9 Å². The van der Waals surface area contributed by atoms with Gasteiger partial charge in [-0.25, -0.2) is 9.59 Å². The number of esters is 3. The van der Waals surface area contributed by atoms with Gasteiger partial charge in [-0.05, 0) is 36.4 Å². The average molecular weight is 494 g/mol. The molecular weight excluding hydrogens is 476 g/mol. The Kier molecular flexibility index (Phi) is 10.2. The largest absolute Gasteiger partial charge is 0.426 e. The molecule has 13 nitrogen and oxygen atoms in total. The van der Waals surface area contributed by atoms with E-state index in [0.29, 0.717) is 4.90 Å². The molecule has 0 saturated heterocycles. The second-order valence-corrected chi connectivity index (χ2v) is 7.32. The molecule has 2 aromatic carbocycles. The van der Waals surface area contributed by atoms with E-state index in [-0.39, 0.29) is 22.6 Å². The molecule has 0 radical (unpaired) electrons. The van der Waals surface area contributed by atoms with E-state index in [4.69, 9.17) is 14.2 Å². The fraction of sp³-hybridized carbons (Fsp3) is 0.250. The lowest BCUT2D eigenvalue weighted by Crippen LogP contribution is -2.22. The van der Waals surface area contributed by atoms with Crippen molar-refractivity contribution in [3.63, 3.8) is 0 Å². The molecule has 34 heavy (non-hydrogen) atoms. The van der Waals surface area contributed by atoms with Crippen LogP contribution in [0.25, 0.3) is 0 Å². The van der Waals surface area contributed by atoms with Crippen LogP contribution in [0, 0.1) is 15.0 Å². The SMILES string of the molecule is CC(=O)Oc1ccccc1C(=O)OCOC(=O)c1ccc(SCC(CO[N+](=O)[O-])ON=O)cc1. The number of carbonyl (C=O) groups is 3. The van der Waals surface area contributed by atoms with Gasteiger partial charge in [0.05, 0.1) is 5.56 Å². The smallest absolute Gasteiger partial charge is 0.344 e. The first kappa shape index (κ1) is 26.1. The maximum Gasteiger partial charge on any atom is 0.344 e. The first-order valence-corrected chi connectivity index (χ1v) is 10.4. The monoisotopic (exact) mass is 494 g/mol. The first-order chi connectivity index (χ1) is 16.3. The molecule has 2 rings (SSSR count). The number of thioether (sulfide) groups is 1. The Bertz CT molecular complexity index is 1030. The van der Waals surface area contributed by atoms with Crippen LogP contribution in [0.3, 0.4) is 0 Å². The topological polar surface area (TPSA) is 170 Å². The quantitative estimate of drug-likeness (QED) is 0.0759. The van der Waals surface area contributed by atoms with Crippen LogP contribution in [-0.4, -0.2) is 48.3 Å². The highest BCUT2D eigenvalue weighted by Gasteiger charge is 2.17. The van der Waals surface area contributed by atoms with Gasteiger partial charge in [0, 0.05) is 17.6 Å². The Balaban J connectivity index is 1.84. The predicted octanol–water partition coefficient (Wildman–Crippen LogP) is 2.95. The number of para-hydroxylation sites is 1. The highest BCUT2D eigenvalue weighted by Crippen LogP contribution is 2.21. The van der Waals surface area contributed by atoms with Crippen LogP contribution in [0.4, 0.5) is 0 Å². The molecule has 0 aliphatic carbocycles. The van der Waals surface area contributed by atoms with Gasteiger partial charge in [0.15, 0.2) is 11.4 Å². The van der Waals surface area contributed by atoms with Crippen molar-refractivity contribution in [2.75, 3.05) is 19.2 Å². The summed E-state index contributed by atoms with van der Waals surface area (Å²) < 4.78 is 14.8. The van der Waals surface area contributed by atoms with E-state index in [9.17, 15) is 29.4 Å². The average Bonchev–Trinajstić information content (AvgIpc) is 2.81. The minimum absolute atomic E-state index is 0.00852. The van der Waals surface area contributed by atoms with Crippen molar-refractivity contribution < 1.29 is 43.4 Å². The zero-order chi connectivity index (χ0) is 24.9. The Morgan fingerprint density at radius 1 is 1.06 bits per heavy atom. The minimum Gasteiger partial charge on any atom is -0.426 e. The van der Waals surface area contributed by atoms with Crippen molar-refractivity contribution >= 4 is 29.7 Å². The normalized spacial score (nSPS) is 11.0. The summed E-state index contributed by atoms with van der Waals surface area (Å²) in [6.45, 7) is 0.0455. The van der Waals surface area contributed by atoms with E-state index in [2.05, 4.69) is 15.0 Å². The third-order valence-electron chi connectivity index (χ3n) is 3.82. The maximum atomic E-state index is 12.2. The van der Waals surface area contributed by atoms with Gasteiger partial charge in [-0.2, -0.15) is 0 Å². The van der Waals surface area contributed by atoms with E-state index >= 15 is 0 Å². The standard InChI is InChI=1S/C20H18N2O11S/c1-13(23)32-18-5-3-2-4-17(18)20(25)30-12-29-19(24)14-6-8-16(9-7-14)34-11-15(33-21-26)10-31-22(27)28/h2-9,15H,10-12H2,1H3. The number of carbonyl (C=O) groups excluding carboxylic acids is 3. The fourth-order valence-corrected chi connectivity index (χ4v) is 3.23. The minimum atomic E-state index is -1.01. The molecule has 1 unspecified atom stereocenters. The van der Waals surface area contributed by atoms with Crippen molar-refractivity contribution in [2.45, 2.75) is 17.9 Å². The van der Waals surface area contributed by atoms with Crippen molar-refractivity contribution in [3.8, 4) is 5.75 Å². The fourth-order valence-electron chi connectivity index (χ4n) is 2.37. The van der Waals surface area contributed by atoms with Gasteiger partial charge in [-0.3, -0.25) is 4.79 Å². The lowest BCUT2D eigenvalue weighted by molar-refractivity contribution is -0.759. The number of hydrogen-bond acceptors (Lipinski definition) is 13. The highest BCUT2D eigenvalue weighted by molar-refractivity contribution is 7.99. The molecule has 0 heterocycles. The predicted molar refractivity (Wildman–Crippen MR) is 114 cm³/mol. The molecule has 180 valence electrons. The number of hydrogen-bond donors (Lipinski definition) is 0. The van der Waals surface area contributed by atoms with Crippen LogP contribution in [0.1, 0.15) is 27.6 Å². The highest BCUT2D eigenvalue weighted by atomic mass is 32.2. The number of ether oxygens (including phenoxy) is 3. The van der Waals surface area contributed by atoms with Crippen LogP contribution in [0.5, 0.6) is 5.75 Å². The molecule has 2 aromatic rings. The number of nitrogens with zero attached hydrogens (tertiary/aromatic N) is 2. The van der Waals surface area contributed by atoms with Crippen LogP contribution >= 0.6 is 11.8 Å². The maximum absolute atomic E-state index is 12.2. The van der Waals surface area contributed by atoms with Crippen molar-refractivity contribution in [1.29, 1.82) is 0 Å². The van der Waals surface area contributed by atoms with Crippen LogP contribution in [0.15, 0.2) is 58.8 Å². The molecule has 0 bridgehead atoms. The van der Waals surface area contributed by atoms with E-state index in [1.54, 1.807) is 24.3 Å². The zero-order valence-corrected chi connectivity index (χ0v) is 18.4. The molecule has 0 fully saturated rings. The number of benzene rings is 2. The van der Waals surface area contributed by atoms with Crippen LogP contribution < -0.4 is 4.74 Å². The molecule has 0 aromatic heterocycles. The Morgan fingerprint density at radius 3 is 2.38 bits per heavy atom. The van der Waals surface area contributed by atoms with Gasteiger partial charge in [0.2, 0.25) is 6.79 Å². The van der Waals surface area contributed by atoms with Gasteiger partial charge in [-0.15, -0.1) is 26.8 Å². The van der Waals surface area contributed by atoms with E-state index in [1.165, 1.54) is 43.0 Å². The second kappa shape index (κ2) is 13.4. The molecule has 0 aliphatic rings. The summed E-state index contributed by atoms with van der Waals surface area (Å²) in [5.41, 5.74) is 0.158. The Labute approximate surface area is 196 Å². The lowest BCUT2D eigenvalue weighted by Gasteiger charge is -2.11. The van der Waals surface area contributed by atoms with Gasteiger partial charge >= 0.3 is 17.9 Å². The van der Waals surface area contributed by atoms with Gasteiger partial charge < -0.3 is 23.9 Å².